The van der Waals surface area contributed by atoms with Gasteiger partial charge in [0.05, 0.1) is 0 Å². The minimum atomic E-state index is -3.72. The monoisotopic (exact) mass is 290 g/mol. The zero-order valence-electron chi connectivity index (χ0n) is 10.6. The van der Waals surface area contributed by atoms with E-state index in [0.717, 1.165) is 31.5 Å². The molecule has 1 fully saturated rings. The highest BCUT2D eigenvalue weighted by Crippen LogP contribution is 2.30. The summed E-state index contributed by atoms with van der Waals surface area (Å²) >= 11 is 0. The molecular weight excluding hydrogens is 272 g/mol. The van der Waals surface area contributed by atoms with Crippen molar-refractivity contribution in [1.29, 1.82) is 0 Å². The number of nitrogens with zero attached hydrogens (tertiary/aromatic N) is 2. The van der Waals surface area contributed by atoms with Crippen molar-refractivity contribution in [1.82, 2.24) is 9.55 Å². The number of aryl methyl sites for hydroxylation is 1. The zero-order chi connectivity index (χ0) is 13.2. The van der Waals surface area contributed by atoms with E-state index in [4.69, 9.17) is 10.7 Å². The summed E-state index contributed by atoms with van der Waals surface area (Å²) in [6, 6.07) is 0.389. The Bertz CT molecular complexity index is 504. The largest absolute Gasteiger partial charge is 0.330 e. The minimum absolute atomic E-state index is 0.00168. The van der Waals surface area contributed by atoms with E-state index in [1.54, 1.807) is 6.20 Å². The topological polar surface area (TPSA) is 52.0 Å². The van der Waals surface area contributed by atoms with Gasteiger partial charge in [0.1, 0.15) is 5.82 Å². The number of rotatable bonds is 4. The van der Waals surface area contributed by atoms with Crippen molar-refractivity contribution in [2.45, 2.75) is 62.9 Å². The van der Waals surface area contributed by atoms with E-state index in [1.807, 2.05) is 4.57 Å². The maximum atomic E-state index is 11.4. The van der Waals surface area contributed by atoms with Gasteiger partial charge in [0.25, 0.3) is 9.05 Å². The quantitative estimate of drug-likeness (QED) is 0.800. The van der Waals surface area contributed by atoms with Crippen LogP contribution in [0.15, 0.2) is 11.2 Å². The summed E-state index contributed by atoms with van der Waals surface area (Å²) in [6.45, 7) is 2.06. The van der Waals surface area contributed by atoms with Crippen LogP contribution in [0.4, 0.5) is 0 Å². The maximum Gasteiger partial charge on any atom is 0.280 e. The fourth-order valence-electron chi connectivity index (χ4n) is 2.61. The van der Waals surface area contributed by atoms with E-state index < -0.39 is 9.05 Å². The third kappa shape index (κ3) is 3.06. The Morgan fingerprint density at radius 2 is 2.06 bits per heavy atom. The van der Waals surface area contributed by atoms with Crippen molar-refractivity contribution in [2.24, 2.45) is 0 Å². The van der Waals surface area contributed by atoms with Gasteiger partial charge in [0, 0.05) is 29.3 Å². The van der Waals surface area contributed by atoms with Gasteiger partial charge in [-0.3, -0.25) is 0 Å². The Kier molecular flexibility index (Phi) is 4.33. The van der Waals surface area contributed by atoms with Gasteiger partial charge in [-0.05, 0) is 19.3 Å². The second kappa shape index (κ2) is 5.61. The molecular formula is C12H19ClN2O2S. The summed E-state index contributed by atoms with van der Waals surface area (Å²) in [5.74, 6) is 0.851. The summed E-state index contributed by atoms with van der Waals surface area (Å²) < 4.78 is 24.8. The lowest BCUT2D eigenvalue weighted by Crippen LogP contribution is -2.14. The number of halogens is 1. The van der Waals surface area contributed by atoms with E-state index in [1.165, 1.54) is 19.3 Å². The highest BCUT2D eigenvalue weighted by molar-refractivity contribution is 8.13. The molecule has 2 rings (SSSR count). The lowest BCUT2D eigenvalue weighted by Gasteiger charge is -2.24. The summed E-state index contributed by atoms with van der Waals surface area (Å²) in [7, 11) is 1.66. The molecule has 102 valence electrons. The molecule has 1 aliphatic carbocycles. The normalized spacial score (nSPS) is 18.1. The molecule has 0 spiro atoms. The second-order valence-corrected chi connectivity index (χ2v) is 7.40. The molecule has 0 radical (unpaired) electrons. The molecule has 1 heterocycles. The molecule has 0 saturated heterocycles. The molecule has 0 unspecified atom stereocenters. The molecule has 0 aliphatic heterocycles. The molecule has 4 nitrogen and oxygen atoms in total. The number of aromatic nitrogens is 2. The molecule has 1 aromatic heterocycles. The Balaban J connectivity index is 2.34. The molecule has 0 amide bonds. The van der Waals surface area contributed by atoms with Crippen LogP contribution in [0.25, 0.3) is 0 Å². The highest BCUT2D eigenvalue weighted by Gasteiger charge is 2.23. The molecule has 1 aromatic rings. The van der Waals surface area contributed by atoms with Gasteiger partial charge in [-0.2, -0.15) is 0 Å². The van der Waals surface area contributed by atoms with Crippen LogP contribution in [-0.2, 0) is 15.5 Å². The fourth-order valence-corrected chi connectivity index (χ4v) is 3.29. The second-order valence-electron chi connectivity index (χ2n) is 4.88. The van der Waals surface area contributed by atoms with Crippen molar-refractivity contribution in [3.63, 3.8) is 0 Å². The van der Waals surface area contributed by atoms with Gasteiger partial charge in [-0.25, -0.2) is 13.4 Å². The highest BCUT2D eigenvalue weighted by atomic mass is 35.7. The Hall–Kier alpha value is -0.550. The van der Waals surface area contributed by atoms with Crippen molar-refractivity contribution >= 4 is 19.7 Å². The molecule has 18 heavy (non-hydrogen) atoms. The van der Waals surface area contributed by atoms with Crippen LogP contribution in [0.3, 0.4) is 0 Å². The van der Waals surface area contributed by atoms with Crippen LogP contribution in [0.2, 0.25) is 0 Å². The first kappa shape index (κ1) is 13.9. The summed E-state index contributed by atoms with van der Waals surface area (Å²) in [4.78, 5) is 4.19. The number of hydrogen-bond donors (Lipinski definition) is 0. The third-order valence-electron chi connectivity index (χ3n) is 3.48. The van der Waals surface area contributed by atoms with E-state index in [9.17, 15) is 8.42 Å². The zero-order valence-corrected chi connectivity index (χ0v) is 12.2. The smallest absolute Gasteiger partial charge is 0.280 e. The van der Waals surface area contributed by atoms with Crippen LogP contribution in [0.5, 0.6) is 0 Å². The van der Waals surface area contributed by atoms with Gasteiger partial charge in [0.15, 0.2) is 5.03 Å². The number of hydrogen-bond acceptors (Lipinski definition) is 3. The van der Waals surface area contributed by atoms with E-state index in [0.29, 0.717) is 6.04 Å². The van der Waals surface area contributed by atoms with Gasteiger partial charge < -0.3 is 4.57 Å². The Morgan fingerprint density at radius 3 is 2.61 bits per heavy atom. The van der Waals surface area contributed by atoms with E-state index >= 15 is 0 Å². The Labute approximate surface area is 113 Å². The van der Waals surface area contributed by atoms with Gasteiger partial charge >= 0.3 is 0 Å². The molecule has 0 bridgehead atoms. The summed E-state index contributed by atoms with van der Waals surface area (Å²) in [5.41, 5.74) is 0. The minimum Gasteiger partial charge on any atom is -0.330 e. The molecule has 1 saturated carbocycles. The van der Waals surface area contributed by atoms with Gasteiger partial charge in [0.2, 0.25) is 0 Å². The molecule has 0 atom stereocenters. The standard InChI is InChI=1S/C12H19ClN2O2S/c1-2-6-11-14-12(18(13,16)17)9-15(11)10-7-4-3-5-8-10/h9-10H,2-8H2,1H3. The predicted octanol–water partition coefficient (Wildman–Crippen LogP) is 3.27. The van der Waals surface area contributed by atoms with Crippen LogP contribution in [0, 0.1) is 0 Å². The van der Waals surface area contributed by atoms with Crippen molar-refractivity contribution in [3.05, 3.63) is 12.0 Å². The number of imidazole rings is 1. The lowest BCUT2D eigenvalue weighted by molar-refractivity contribution is 0.345. The van der Waals surface area contributed by atoms with Crippen LogP contribution < -0.4 is 0 Å². The maximum absolute atomic E-state index is 11.4. The van der Waals surface area contributed by atoms with E-state index in [2.05, 4.69) is 11.9 Å². The fraction of sp³-hybridized carbons (Fsp3) is 0.750. The van der Waals surface area contributed by atoms with Crippen molar-refractivity contribution in [3.8, 4) is 0 Å². The first-order valence-corrected chi connectivity index (χ1v) is 8.85. The van der Waals surface area contributed by atoms with Crippen LogP contribution in [-0.4, -0.2) is 18.0 Å². The third-order valence-corrected chi connectivity index (χ3v) is 4.65. The molecule has 6 heteroatoms. The van der Waals surface area contributed by atoms with Gasteiger partial charge in [-0.1, -0.05) is 26.2 Å². The van der Waals surface area contributed by atoms with Crippen molar-refractivity contribution < 1.29 is 8.42 Å². The van der Waals surface area contributed by atoms with Crippen LogP contribution in [0.1, 0.15) is 57.3 Å². The summed E-state index contributed by atoms with van der Waals surface area (Å²) in [6.07, 6.45) is 9.26. The first-order chi connectivity index (χ1) is 8.52. The predicted molar refractivity (Wildman–Crippen MR) is 71.4 cm³/mol. The summed E-state index contributed by atoms with van der Waals surface area (Å²) in [5, 5.41) is -0.00168. The van der Waals surface area contributed by atoms with Gasteiger partial charge in [-0.15, -0.1) is 0 Å². The Morgan fingerprint density at radius 1 is 1.39 bits per heavy atom. The van der Waals surface area contributed by atoms with E-state index in [-0.39, 0.29) is 5.03 Å². The average molecular weight is 291 g/mol. The molecule has 0 aromatic carbocycles. The average Bonchev–Trinajstić information content (AvgIpc) is 2.75. The molecule has 1 aliphatic rings. The van der Waals surface area contributed by atoms with Crippen LogP contribution >= 0.6 is 10.7 Å². The van der Waals surface area contributed by atoms with Crippen molar-refractivity contribution in [2.75, 3.05) is 0 Å². The SMILES string of the molecule is CCCc1nc(S(=O)(=O)Cl)cn1C1CCCCC1. The molecule has 0 N–H and O–H groups in total. The first-order valence-electron chi connectivity index (χ1n) is 6.54. The lowest BCUT2D eigenvalue weighted by atomic mass is 9.95.